The SMILES string of the molecule is C(#Cc1ccc(C2=N[C@@H](c3ccccc3)[C@H](c3ccccc3)O2)c(Nc2ccccc2C2=N[C@@H](c3ccccc3)[C@H](c3ccccc3)O2)c1)c1ccc(OCc2cc(OCc3cc(OCc4ccccc4)cc(OCc4ccccc4)c3)cc(OCc3cc(OCc4ccccc4)cc(OCc4ccccc4)c3)c2)cc1. The van der Waals surface area contributed by atoms with Crippen molar-refractivity contribution in [3.05, 3.63) is 447 Å². The molecule has 111 heavy (non-hydrogen) atoms. The highest BCUT2D eigenvalue weighted by Crippen LogP contribution is 2.45. The Kier molecular flexibility index (Phi) is 22.6. The third-order valence-corrected chi connectivity index (χ3v) is 19.0. The van der Waals surface area contributed by atoms with Gasteiger partial charge in [0.05, 0.1) is 22.5 Å². The molecule has 0 saturated carbocycles. The van der Waals surface area contributed by atoms with Crippen LogP contribution in [0.25, 0.3) is 0 Å². The number of rotatable bonds is 29. The number of hydrogen-bond donors (Lipinski definition) is 1. The van der Waals surface area contributed by atoms with Crippen LogP contribution in [0.15, 0.2) is 374 Å². The van der Waals surface area contributed by atoms with Crippen molar-refractivity contribution < 1.29 is 42.6 Å². The highest BCUT2D eigenvalue weighted by Gasteiger charge is 2.37. The number of ether oxygens (including phenoxy) is 9. The molecule has 14 aromatic rings. The average Bonchev–Trinajstić information content (AvgIpc) is 1.61. The van der Waals surface area contributed by atoms with Crippen LogP contribution in [0.1, 0.15) is 108 Å². The number of benzene rings is 14. The summed E-state index contributed by atoms with van der Waals surface area (Å²) in [6.45, 7) is 2.13. The maximum atomic E-state index is 7.00. The highest BCUT2D eigenvalue weighted by molar-refractivity contribution is 6.05. The lowest BCUT2D eigenvalue weighted by atomic mass is 9.97. The summed E-state index contributed by atoms with van der Waals surface area (Å²) < 4.78 is 59.5. The standard InChI is InChI=1S/C99H79N3O9/c1-9-27-72(28-10-1)63-104-84-55-77(56-85(60-84)105-64-73-29-11-2-12-30-73)68-108-88-53-76(54-89(62-88)109-69-78-57-86(106-65-74-31-13-3-14-32-74)61-87(58-78)107-66-75-33-15-4-16-34-75)67-103-83-50-47-70(48-51-83)45-46-71-49-52-91(99-102-95(80-37-19-6-20-38-80)97(111-99)82-41-23-8-24-42-82)93(59-71)100-92-44-26-25-43-90(92)98-101-94(79-35-17-5-18-36-79)96(110-98)81-39-21-7-22-40-81/h1-44,47-62,94-97,100H,63-69H2/t94-,95-,96-,97-/m0/s1. The topological polar surface area (TPSA) is 120 Å². The van der Waals surface area contributed by atoms with Gasteiger partial charge >= 0.3 is 0 Å². The normalized spacial score (nSPS) is 14.7. The molecule has 544 valence electrons. The second kappa shape index (κ2) is 35.1. The quantitative estimate of drug-likeness (QED) is 0.0454. The summed E-state index contributed by atoms with van der Waals surface area (Å²) in [6.07, 6.45) is -0.709. The molecule has 0 aliphatic carbocycles. The smallest absolute Gasteiger partial charge is 0.219 e. The minimum absolute atomic E-state index is 0.193. The fourth-order valence-electron chi connectivity index (χ4n) is 13.4. The summed E-state index contributed by atoms with van der Waals surface area (Å²) in [6, 6.07) is 121. The maximum absolute atomic E-state index is 7.00. The van der Waals surface area contributed by atoms with Gasteiger partial charge in [0, 0.05) is 29.3 Å². The van der Waals surface area contributed by atoms with Crippen LogP contribution in [-0.4, -0.2) is 11.8 Å². The summed E-state index contributed by atoms with van der Waals surface area (Å²) in [5.74, 6) is 12.4. The number of nitrogens with one attached hydrogen (secondary N) is 1. The Morgan fingerprint density at radius 1 is 0.243 bits per heavy atom. The van der Waals surface area contributed by atoms with Crippen molar-refractivity contribution in [1.29, 1.82) is 0 Å². The lowest BCUT2D eigenvalue weighted by molar-refractivity contribution is 0.197. The first kappa shape index (κ1) is 71.2. The molecule has 12 nitrogen and oxygen atoms in total. The Labute approximate surface area is 647 Å². The Hall–Kier alpha value is -14.0. The predicted molar refractivity (Wildman–Crippen MR) is 436 cm³/mol. The number of nitrogens with zero attached hydrogens (tertiary/aromatic N) is 2. The number of hydrogen-bond acceptors (Lipinski definition) is 12. The molecule has 2 aliphatic heterocycles. The van der Waals surface area contributed by atoms with Gasteiger partial charge < -0.3 is 47.9 Å². The van der Waals surface area contributed by atoms with E-state index in [4.69, 9.17) is 52.6 Å². The molecule has 0 aromatic heterocycles. The first-order chi connectivity index (χ1) is 54.9. The maximum Gasteiger partial charge on any atom is 0.219 e. The Morgan fingerprint density at radius 3 is 0.901 bits per heavy atom. The van der Waals surface area contributed by atoms with E-state index < -0.39 is 0 Å². The van der Waals surface area contributed by atoms with E-state index in [1.165, 1.54) is 0 Å². The highest BCUT2D eigenvalue weighted by atomic mass is 16.5. The van der Waals surface area contributed by atoms with Gasteiger partial charge in [-0.05, 0) is 152 Å². The van der Waals surface area contributed by atoms with E-state index in [2.05, 4.69) is 71.8 Å². The van der Waals surface area contributed by atoms with E-state index >= 15 is 0 Å². The zero-order valence-corrected chi connectivity index (χ0v) is 61.0. The van der Waals surface area contributed by atoms with Gasteiger partial charge in [0.2, 0.25) is 11.8 Å². The van der Waals surface area contributed by atoms with Crippen LogP contribution in [-0.2, 0) is 55.7 Å². The molecule has 16 rings (SSSR count). The minimum Gasteiger partial charge on any atom is -0.489 e. The zero-order chi connectivity index (χ0) is 74.6. The van der Waals surface area contributed by atoms with Gasteiger partial charge in [-0.15, -0.1) is 0 Å². The largest absolute Gasteiger partial charge is 0.489 e. The third-order valence-electron chi connectivity index (χ3n) is 19.0. The van der Waals surface area contributed by atoms with E-state index in [1.807, 2.05) is 309 Å². The molecule has 14 aromatic carbocycles. The van der Waals surface area contributed by atoms with E-state index in [0.717, 1.165) is 94.8 Å². The van der Waals surface area contributed by atoms with Crippen molar-refractivity contribution in [1.82, 2.24) is 0 Å². The van der Waals surface area contributed by atoms with Crippen LogP contribution in [0.4, 0.5) is 11.4 Å². The molecule has 0 bridgehead atoms. The first-order valence-corrected chi connectivity index (χ1v) is 37.2. The van der Waals surface area contributed by atoms with Crippen molar-refractivity contribution >= 4 is 23.2 Å². The molecule has 0 radical (unpaired) electrons. The Bertz CT molecular complexity index is 5250. The minimum atomic E-state index is -0.369. The van der Waals surface area contributed by atoms with Crippen molar-refractivity contribution in [2.45, 2.75) is 70.5 Å². The fraction of sp³-hybridized carbons (Fsp3) is 0.111. The van der Waals surface area contributed by atoms with Crippen LogP contribution >= 0.6 is 0 Å². The van der Waals surface area contributed by atoms with E-state index in [9.17, 15) is 0 Å². The molecule has 2 heterocycles. The van der Waals surface area contributed by atoms with Crippen LogP contribution in [0, 0.1) is 11.8 Å². The fourth-order valence-corrected chi connectivity index (χ4v) is 13.4. The van der Waals surface area contributed by atoms with Crippen molar-refractivity contribution in [2.75, 3.05) is 5.32 Å². The third kappa shape index (κ3) is 18.9. The molecule has 0 amide bonds. The average molecular weight is 1450 g/mol. The van der Waals surface area contributed by atoms with Gasteiger partial charge in [0.25, 0.3) is 0 Å². The van der Waals surface area contributed by atoms with Crippen molar-refractivity contribution in [2.24, 2.45) is 9.98 Å². The second-order valence-electron chi connectivity index (χ2n) is 27.1. The van der Waals surface area contributed by atoms with E-state index in [1.54, 1.807) is 0 Å². The van der Waals surface area contributed by atoms with Gasteiger partial charge in [-0.3, -0.25) is 0 Å². The number of aliphatic imine (C=N–C) groups is 2. The molecule has 12 heteroatoms. The second-order valence-corrected chi connectivity index (χ2v) is 27.1. The summed E-state index contributed by atoms with van der Waals surface area (Å²) in [5, 5.41) is 3.83. The molecule has 1 N–H and O–H groups in total. The summed E-state index contributed by atoms with van der Waals surface area (Å²) in [7, 11) is 0. The lowest BCUT2D eigenvalue weighted by Crippen LogP contribution is -2.12. The molecule has 0 unspecified atom stereocenters. The molecule has 4 atom stereocenters. The van der Waals surface area contributed by atoms with Gasteiger partial charge in [0.15, 0.2) is 12.2 Å². The summed E-state index contributed by atoms with van der Waals surface area (Å²) in [5.41, 5.74) is 15.6. The zero-order valence-electron chi connectivity index (χ0n) is 61.0. The summed E-state index contributed by atoms with van der Waals surface area (Å²) >= 11 is 0. The first-order valence-electron chi connectivity index (χ1n) is 37.2. The van der Waals surface area contributed by atoms with Gasteiger partial charge in [-0.1, -0.05) is 267 Å². The summed E-state index contributed by atoms with van der Waals surface area (Å²) in [4.78, 5) is 10.7. The van der Waals surface area contributed by atoms with Gasteiger partial charge in [-0.25, -0.2) is 9.98 Å². The molecule has 2 aliphatic rings. The van der Waals surface area contributed by atoms with Crippen LogP contribution in [0.5, 0.6) is 40.2 Å². The van der Waals surface area contributed by atoms with Crippen LogP contribution in [0.3, 0.4) is 0 Å². The molecular formula is C99H79N3O9. The molecule has 0 spiro atoms. The van der Waals surface area contributed by atoms with Gasteiger partial charge in [0.1, 0.15) is 98.6 Å². The van der Waals surface area contributed by atoms with Gasteiger partial charge in [-0.2, -0.15) is 0 Å². The molecule has 0 saturated heterocycles. The number of para-hydroxylation sites is 1. The monoisotopic (exact) mass is 1450 g/mol. The van der Waals surface area contributed by atoms with Crippen molar-refractivity contribution in [3.8, 4) is 52.1 Å². The van der Waals surface area contributed by atoms with Crippen LogP contribution in [0.2, 0.25) is 0 Å². The predicted octanol–water partition coefficient (Wildman–Crippen LogP) is 22.4. The van der Waals surface area contributed by atoms with Crippen molar-refractivity contribution in [3.63, 3.8) is 0 Å². The lowest BCUT2D eigenvalue weighted by Gasteiger charge is -2.20. The Morgan fingerprint density at radius 2 is 0.532 bits per heavy atom. The van der Waals surface area contributed by atoms with E-state index in [-0.39, 0.29) is 44.1 Å². The Balaban J connectivity index is 0.673. The molecular weight excluding hydrogens is 1380 g/mol. The van der Waals surface area contributed by atoms with E-state index in [0.29, 0.717) is 78.5 Å². The number of anilines is 2. The van der Waals surface area contributed by atoms with Crippen LogP contribution < -0.4 is 38.5 Å². The molecule has 0 fully saturated rings.